The zero-order chi connectivity index (χ0) is 23.3. The molecule has 1 aromatic carbocycles. The van der Waals surface area contributed by atoms with Crippen LogP contribution in [0.4, 0.5) is 8.78 Å². The van der Waals surface area contributed by atoms with Crippen molar-refractivity contribution in [1.82, 2.24) is 14.7 Å². The van der Waals surface area contributed by atoms with E-state index in [2.05, 4.69) is 4.90 Å². The Hall–Kier alpha value is -2.30. The van der Waals surface area contributed by atoms with E-state index in [9.17, 15) is 23.5 Å². The molecule has 10 heteroatoms. The van der Waals surface area contributed by atoms with Gasteiger partial charge in [-0.15, -0.1) is 0 Å². The molecule has 0 unspecified atom stereocenters. The maximum absolute atomic E-state index is 13.5. The van der Waals surface area contributed by atoms with Gasteiger partial charge in [-0.2, -0.15) is 0 Å². The summed E-state index contributed by atoms with van der Waals surface area (Å²) in [6.07, 6.45) is 1.52. The summed E-state index contributed by atoms with van der Waals surface area (Å²) in [7, 11) is 1.43. The van der Waals surface area contributed by atoms with Gasteiger partial charge in [0.2, 0.25) is 11.8 Å². The molecule has 0 saturated carbocycles. The molecule has 1 N–H and O–H groups in total. The van der Waals surface area contributed by atoms with E-state index in [1.54, 1.807) is 11.8 Å². The van der Waals surface area contributed by atoms with Gasteiger partial charge in [-0.25, -0.2) is 8.78 Å². The summed E-state index contributed by atoms with van der Waals surface area (Å²) in [5.74, 6) is -1.79. The van der Waals surface area contributed by atoms with Gasteiger partial charge in [0, 0.05) is 71.0 Å². The molecule has 2 saturated heterocycles. The molecule has 0 radical (unpaired) electrons. The first-order valence-corrected chi connectivity index (χ1v) is 10.8. The second kappa shape index (κ2) is 10.5. The Balaban J connectivity index is 1.73. The fourth-order valence-electron chi connectivity index (χ4n) is 4.40. The molecule has 1 aromatic rings. The van der Waals surface area contributed by atoms with E-state index in [0.29, 0.717) is 26.2 Å². The molecular formula is C22H31F2N3O5. The second-order valence-corrected chi connectivity index (χ2v) is 8.57. The number of halogens is 2. The zero-order valence-electron chi connectivity index (χ0n) is 18.6. The van der Waals surface area contributed by atoms with Crippen molar-refractivity contribution in [1.29, 1.82) is 0 Å². The van der Waals surface area contributed by atoms with Gasteiger partial charge in [0.1, 0.15) is 36.2 Å². The number of likely N-dealkylation sites (tertiary alicyclic amines) is 1. The van der Waals surface area contributed by atoms with Crippen LogP contribution >= 0.6 is 0 Å². The van der Waals surface area contributed by atoms with Gasteiger partial charge in [0.15, 0.2) is 0 Å². The largest absolute Gasteiger partial charge is 0.490 e. The quantitative estimate of drug-likeness (QED) is 0.686. The van der Waals surface area contributed by atoms with Crippen molar-refractivity contribution < 1.29 is 33.0 Å². The van der Waals surface area contributed by atoms with Crippen LogP contribution in [0.15, 0.2) is 18.2 Å². The van der Waals surface area contributed by atoms with Gasteiger partial charge >= 0.3 is 0 Å². The first kappa shape index (κ1) is 24.3. The first-order chi connectivity index (χ1) is 15.2. The van der Waals surface area contributed by atoms with E-state index in [4.69, 9.17) is 9.47 Å². The lowest BCUT2D eigenvalue weighted by Crippen LogP contribution is -2.55. The van der Waals surface area contributed by atoms with Crippen LogP contribution < -0.4 is 4.74 Å². The number of aliphatic hydroxyl groups is 1. The third-order valence-electron chi connectivity index (χ3n) is 6.03. The lowest BCUT2D eigenvalue weighted by atomic mass is 9.99. The number of nitrogens with zero attached hydrogens (tertiary/aromatic N) is 3. The predicted molar refractivity (Wildman–Crippen MR) is 112 cm³/mol. The lowest BCUT2D eigenvalue weighted by Gasteiger charge is -2.40. The van der Waals surface area contributed by atoms with Crippen molar-refractivity contribution >= 4 is 11.8 Å². The molecule has 32 heavy (non-hydrogen) atoms. The average Bonchev–Trinajstić information content (AvgIpc) is 2.92. The minimum absolute atomic E-state index is 0.00970. The minimum atomic E-state index is -1.46. The number of amides is 2. The highest BCUT2D eigenvalue weighted by molar-refractivity contribution is 5.77. The average molecular weight is 456 g/mol. The molecular weight excluding hydrogens is 424 g/mol. The molecule has 0 aliphatic carbocycles. The molecule has 0 bridgehead atoms. The zero-order valence-corrected chi connectivity index (χ0v) is 18.6. The maximum atomic E-state index is 13.5. The highest BCUT2D eigenvalue weighted by Gasteiger charge is 2.40. The summed E-state index contributed by atoms with van der Waals surface area (Å²) in [5, 5.41) is 11.4. The van der Waals surface area contributed by atoms with Gasteiger partial charge in [0.05, 0.1) is 6.54 Å². The summed E-state index contributed by atoms with van der Waals surface area (Å²) in [6.45, 7) is 3.68. The molecule has 1 atom stereocenters. The second-order valence-electron chi connectivity index (χ2n) is 8.57. The minimum Gasteiger partial charge on any atom is -0.490 e. The Bertz CT molecular complexity index is 799. The number of hydrogen-bond acceptors (Lipinski definition) is 6. The molecule has 8 nitrogen and oxygen atoms in total. The Kier molecular flexibility index (Phi) is 8.02. The van der Waals surface area contributed by atoms with E-state index >= 15 is 0 Å². The molecule has 2 heterocycles. The highest BCUT2D eigenvalue weighted by Crippen LogP contribution is 2.24. The Morgan fingerprint density at radius 2 is 1.72 bits per heavy atom. The molecule has 178 valence electrons. The number of benzene rings is 1. The van der Waals surface area contributed by atoms with Crippen LogP contribution in [0, 0.1) is 11.6 Å². The molecule has 2 aliphatic heterocycles. The van der Waals surface area contributed by atoms with Crippen molar-refractivity contribution in [3.05, 3.63) is 29.8 Å². The first-order valence-electron chi connectivity index (χ1n) is 10.8. The van der Waals surface area contributed by atoms with Gasteiger partial charge in [-0.3, -0.25) is 14.5 Å². The number of carbonyl (C=O) groups is 2. The monoisotopic (exact) mass is 455 g/mol. The number of piperidine rings is 1. The van der Waals surface area contributed by atoms with Gasteiger partial charge in [-0.1, -0.05) is 0 Å². The molecule has 2 aliphatic rings. The summed E-state index contributed by atoms with van der Waals surface area (Å²) in [4.78, 5) is 29.6. The summed E-state index contributed by atoms with van der Waals surface area (Å²) < 4.78 is 37.5. The summed E-state index contributed by atoms with van der Waals surface area (Å²) in [5.41, 5.74) is -1.46. The predicted octanol–water partition coefficient (Wildman–Crippen LogP) is 0.876. The smallest absolute Gasteiger partial charge is 0.248 e. The van der Waals surface area contributed by atoms with Crippen molar-refractivity contribution in [2.24, 2.45) is 0 Å². The van der Waals surface area contributed by atoms with Crippen LogP contribution in [0.3, 0.4) is 0 Å². The molecule has 0 spiro atoms. The van der Waals surface area contributed by atoms with Crippen molar-refractivity contribution in [2.45, 2.75) is 31.4 Å². The number of hydrogen-bond donors (Lipinski definition) is 1. The van der Waals surface area contributed by atoms with Crippen LogP contribution in [0.5, 0.6) is 5.75 Å². The van der Waals surface area contributed by atoms with E-state index in [1.807, 2.05) is 0 Å². The van der Waals surface area contributed by atoms with Crippen LogP contribution in [-0.2, 0) is 14.3 Å². The summed E-state index contributed by atoms with van der Waals surface area (Å²) in [6, 6.07) is 2.98. The molecule has 0 aromatic heterocycles. The number of ether oxygens (including phenoxy) is 2. The fourth-order valence-corrected chi connectivity index (χ4v) is 4.40. The van der Waals surface area contributed by atoms with Crippen molar-refractivity contribution in [3.63, 3.8) is 0 Å². The lowest BCUT2D eigenvalue weighted by molar-refractivity contribution is -0.138. The van der Waals surface area contributed by atoms with Gasteiger partial charge < -0.3 is 24.4 Å². The summed E-state index contributed by atoms with van der Waals surface area (Å²) >= 11 is 0. The molecule has 2 fully saturated rings. The van der Waals surface area contributed by atoms with Crippen LogP contribution in [0.25, 0.3) is 0 Å². The Labute approximate surface area is 186 Å². The third kappa shape index (κ3) is 6.36. The normalized spacial score (nSPS) is 23.2. The maximum Gasteiger partial charge on any atom is 0.248 e. The topological polar surface area (TPSA) is 82.6 Å². The third-order valence-corrected chi connectivity index (χ3v) is 6.03. The number of β-amino-alcohol motifs (C(OH)–C–C–N with tert-alkyl or cyclic N) is 1. The molecule has 2 amide bonds. The Morgan fingerprint density at radius 3 is 2.31 bits per heavy atom. The number of carbonyl (C=O) groups excluding carboxylic acids is 2. The van der Waals surface area contributed by atoms with Crippen molar-refractivity contribution in [3.8, 4) is 5.75 Å². The van der Waals surface area contributed by atoms with Crippen molar-refractivity contribution in [2.75, 3.05) is 59.6 Å². The Morgan fingerprint density at radius 1 is 1.06 bits per heavy atom. The fraction of sp³-hybridized carbons (Fsp3) is 0.636. The van der Waals surface area contributed by atoms with Gasteiger partial charge in [-0.05, 0) is 12.8 Å². The molecule has 3 rings (SSSR count). The van der Waals surface area contributed by atoms with E-state index < -0.39 is 17.2 Å². The van der Waals surface area contributed by atoms with Crippen LogP contribution in [0.1, 0.15) is 19.8 Å². The number of rotatable bonds is 6. The van der Waals surface area contributed by atoms with Crippen LogP contribution in [0.2, 0.25) is 0 Å². The van der Waals surface area contributed by atoms with E-state index in [0.717, 1.165) is 31.0 Å². The highest BCUT2D eigenvalue weighted by atomic mass is 19.1. The van der Waals surface area contributed by atoms with E-state index in [-0.39, 0.29) is 49.9 Å². The standard InChI is InChI=1S/C22H31F2N3O5/c1-16(28)25-5-3-19(4-6-25)26-7-8-27(21(29)12-31-2)14-22(30,13-26)15-32-20-10-17(23)9-18(24)11-20/h9-11,19,30H,3-8,12-15H2,1-2H3/t22-/m0/s1. The van der Waals surface area contributed by atoms with E-state index in [1.165, 1.54) is 12.0 Å². The SMILES string of the molecule is COCC(=O)N1CCN(C2CCN(C(C)=O)CC2)C[C@@](O)(COc2cc(F)cc(F)c2)C1. The number of methoxy groups -OCH3 is 1. The van der Waals surface area contributed by atoms with Crippen LogP contribution in [-0.4, -0.2) is 103 Å². The van der Waals surface area contributed by atoms with Gasteiger partial charge in [0.25, 0.3) is 0 Å².